The van der Waals surface area contributed by atoms with Crippen LogP contribution in [0.15, 0.2) is 41.5 Å². The predicted octanol–water partition coefficient (Wildman–Crippen LogP) is 2.72. The first-order valence-corrected chi connectivity index (χ1v) is 8.53. The lowest BCUT2D eigenvalue weighted by atomic mass is 10.1. The highest BCUT2D eigenvalue weighted by Crippen LogP contribution is 2.33. The second-order valence-electron chi connectivity index (χ2n) is 5.70. The minimum atomic E-state index is -0.589. The van der Waals surface area contributed by atoms with Crippen molar-refractivity contribution in [1.82, 2.24) is 5.43 Å². The Morgan fingerprint density at radius 3 is 2.31 bits per heavy atom. The molecule has 0 atom stereocenters. The molecule has 2 rings (SSSR count). The van der Waals surface area contributed by atoms with Crippen LogP contribution in [-0.4, -0.2) is 37.2 Å². The minimum absolute atomic E-state index is 0.130. The van der Waals surface area contributed by atoms with Crippen molar-refractivity contribution in [2.75, 3.05) is 19.5 Å². The van der Waals surface area contributed by atoms with Gasteiger partial charge < -0.3 is 14.8 Å². The molecule has 0 aliphatic heterocycles. The van der Waals surface area contributed by atoms with E-state index in [0.717, 1.165) is 6.21 Å². The standard InChI is InChI=1S/C19H20N4O6/c1-4-18(24)21-14-7-5-12(6-8-14)19(25)22-20-11-13-9-16(28-2)17(29-3)10-15(13)23(26)27/h5-11H,4H2,1-3H3,(H,21,24)(H,22,25)/b20-11+. The van der Waals surface area contributed by atoms with Crippen molar-refractivity contribution in [3.63, 3.8) is 0 Å². The van der Waals surface area contributed by atoms with E-state index in [4.69, 9.17) is 9.47 Å². The average Bonchev–Trinajstić information content (AvgIpc) is 2.73. The van der Waals surface area contributed by atoms with Gasteiger partial charge in [0.1, 0.15) is 0 Å². The van der Waals surface area contributed by atoms with Gasteiger partial charge in [0.05, 0.1) is 37.0 Å². The number of carbonyl (C=O) groups excluding carboxylic acids is 2. The second kappa shape index (κ2) is 9.83. The number of nitrogens with one attached hydrogen (secondary N) is 2. The van der Waals surface area contributed by atoms with Gasteiger partial charge in [0, 0.05) is 17.7 Å². The number of nitrogens with zero attached hydrogens (tertiary/aromatic N) is 2. The van der Waals surface area contributed by atoms with Crippen LogP contribution in [0.2, 0.25) is 0 Å². The summed E-state index contributed by atoms with van der Waals surface area (Å²) in [6, 6.07) is 8.82. The van der Waals surface area contributed by atoms with Crippen molar-refractivity contribution in [3.8, 4) is 11.5 Å². The smallest absolute Gasteiger partial charge is 0.282 e. The summed E-state index contributed by atoms with van der Waals surface area (Å²) in [6.07, 6.45) is 1.49. The van der Waals surface area contributed by atoms with Crippen LogP contribution in [0, 0.1) is 10.1 Å². The molecule has 0 aliphatic rings. The maximum absolute atomic E-state index is 12.2. The van der Waals surface area contributed by atoms with Crippen LogP contribution in [0.1, 0.15) is 29.3 Å². The molecule has 29 heavy (non-hydrogen) atoms. The summed E-state index contributed by atoms with van der Waals surface area (Å²) in [7, 11) is 2.77. The average molecular weight is 400 g/mol. The number of carbonyl (C=O) groups is 2. The molecule has 152 valence electrons. The zero-order valence-corrected chi connectivity index (χ0v) is 16.1. The first-order valence-electron chi connectivity index (χ1n) is 8.53. The van der Waals surface area contributed by atoms with Crippen molar-refractivity contribution in [2.45, 2.75) is 13.3 Å². The third kappa shape index (κ3) is 5.51. The monoisotopic (exact) mass is 400 g/mol. The minimum Gasteiger partial charge on any atom is -0.493 e. The van der Waals surface area contributed by atoms with Crippen molar-refractivity contribution >= 4 is 29.4 Å². The van der Waals surface area contributed by atoms with E-state index in [9.17, 15) is 19.7 Å². The molecule has 0 bridgehead atoms. The van der Waals surface area contributed by atoms with E-state index in [1.54, 1.807) is 19.1 Å². The molecular weight excluding hydrogens is 380 g/mol. The highest BCUT2D eigenvalue weighted by molar-refractivity contribution is 5.96. The first-order chi connectivity index (χ1) is 13.9. The SMILES string of the molecule is CCC(=O)Nc1ccc(C(=O)N/N=C/c2cc(OC)c(OC)cc2[N+](=O)[O-])cc1. The third-order valence-corrected chi connectivity index (χ3v) is 3.85. The Bertz CT molecular complexity index is 940. The molecule has 0 aromatic heterocycles. The largest absolute Gasteiger partial charge is 0.493 e. The number of nitro groups is 1. The molecular formula is C19H20N4O6. The van der Waals surface area contributed by atoms with Crippen LogP contribution in [-0.2, 0) is 4.79 Å². The Labute approximate surface area is 166 Å². The van der Waals surface area contributed by atoms with E-state index in [1.165, 1.54) is 38.5 Å². The molecule has 2 aromatic rings. The van der Waals surface area contributed by atoms with Gasteiger partial charge in [-0.25, -0.2) is 5.43 Å². The van der Waals surface area contributed by atoms with Gasteiger partial charge in [0.15, 0.2) is 11.5 Å². The Morgan fingerprint density at radius 2 is 1.76 bits per heavy atom. The number of amides is 2. The van der Waals surface area contributed by atoms with E-state index in [1.807, 2.05) is 0 Å². The van der Waals surface area contributed by atoms with Gasteiger partial charge in [-0.2, -0.15) is 5.10 Å². The molecule has 2 amide bonds. The molecule has 0 spiro atoms. The summed E-state index contributed by atoms with van der Waals surface area (Å²) in [5.74, 6) is -0.160. The number of ether oxygens (including phenoxy) is 2. The molecule has 10 heteroatoms. The lowest BCUT2D eigenvalue weighted by Gasteiger charge is -2.08. The Balaban J connectivity index is 2.13. The number of hydrazone groups is 1. The molecule has 0 fully saturated rings. The van der Waals surface area contributed by atoms with Crippen LogP contribution < -0.4 is 20.2 Å². The van der Waals surface area contributed by atoms with Gasteiger partial charge in [-0.05, 0) is 30.3 Å². The number of hydrogen-bond acceptors (Lipinski definition) is 7. The summed E-state index contributed by atoms with van der Waals surface area (Å²) in [5, 5.41) is 17.7. The van der Waals surface area contributed by atoms with E-state index in [2.05, 4.69) is 15.8 Å². The highest BCUT2D eigenvalue weighted by Gasteiger charge is 2.18. The summed E-state index contributed by atoms with van der Waals surface area (Å²) >= 11 is 0. The number of anilines is 1. The lowest BCUT2D eigenvalue weighted by Crippen LogP contribution is -2.18. The zero-order valence-electron chi connectivity index (χ0n) is 16.1. The summed E-state index contributed by atoms with van der Waals surface area (Å²) in [4.78, 5) is 34.2. The molecule has 0 aliphatic carbocycles. The zero-order chi connectivity index (χ0) is 21.4. The fourth-order valence-electron chi connectivity index (χ4n) is 2.32. The Hall–Kier alpha value is -3.95. The van der Waals surface area contributed by atoms with Crippen LogP contribution in [0.3, 0.4) is 0 Å². The van der Waals surface area contributed by atoms with Gasteiger partial charge in [-0.1, -0.05) is 6.92 Å². The summed E-state index contributed by atoms with van der Waals surface area (Å²) in [6.45, 7) is 1.73. The number of rotatable bonds is 8. The van der Waals surface area contributed by atoms with Crippen LogP contribution >= 0.6 is 0 Å². The van der Waals surface area contributed by atoms with Crippen molar-refractivity contribution in [2.24, 2.45) is 5.10 Å². The van der Waals surface area contributed by atoms with Crippen molar-refractivity contribution in [1.29, 1.82) is 0 Å². The molecule has 0 saturated heterocycles. The molecule has 0 unspecified atom stereocenters. The predicted molar refractivity (Wildman–Crippen MR) is 107 cm³/mol. The Kier molecular flexibility index (Phi) is 7.24. The maximum Gasteiger partial charge on any atom is 0.282 e. The van der Waals surface area contributed by atoms with E-state index in [0.29, 0.717) is 17.7 Å². The van der Waals surface area contributed by atoms with E-state index >= 15 is 0 Å². The number of benzene rings is 2. The maximum atomic E-state index is 12.2. The van der Waals surface area contributed by atoms with Crippen LogP contribution in [0.5, 0.6) is 11.5 Å². The topological polar surface area (TPSA) is 132 Å². The van der Waals surface area contributed by atoms with E-state index < -0.39 is 10.8 Å². The molecule has 0 saturated carbocycles. The fourth-order valence-corrected chi connectivity index (χ4v) is 2.32. The summed E-state index contributed by atoms with van der Waals surface area (Å²) < 4.78 is 10.2. The fraction of sp³-hybridized carbons (Fsp3) is 0.211. The molecule has 2 N–H and O–H groups in total. The van der Waals surface area contributed by atoms with Crippen LogP contribution in [0.4, 0.5) is 11.4 Å². The second-order valence-corrected chi connectivity index (χ2v) is 5.70. The van der Waals surface area contributed by atoms with Crippen LogP contribution in [0.25, 0.3) is 0 Å². The lowest BCUT2D eigenvalue weighted by molar-refractivity contribution is -0.385. The highest BCUT2D eigenvalue weighted by atomic mass is 16.6. The van der Waals surface area contributed by atoms with Gasteiger partial charge in [-0.3, -0.25) is 19.7 Å². The summed E-state index contributed by atoms with van der Waals surface area (Å²) in [5.41, 5.74) is 3.05. The quantitative estimate of drug-likeness (QED) is 0.398. The molecule has 0 radical (unpaired) electrons. The van der Waals surface area contributed by atoms with E-state index in [-0.39, 0.29) is 28.7 Å². The van der Waals surface area contributed by atoms with Gasteiger partial charge in [0.2, 0.25) is 5.91 Å². The molecule has 2 aromatic carbocycles. The Morgan fingerprint density at radius 1 is 1.14 bits per heavy atom. The van der Waals surface area contributed by atoms with Gasteiger partial charge in [-0.15, -0.1) is 0 Å². The normalized spacial score (nSPS) is 10.4. The van der Waals surface area contributed by atoms with Gasteiger partial charge in [0.25, 0.3) is 11.6 Å². The first kappa shape index (κ1) is 21.4. The molecule has 10 nitrogen and oxygen atoms in total. The number of hydrogen-bond donors (Lipinski definition) is 2. The van der Waals surface area contributed by atoms with Crippen molar-refractivity contribution in [3.05, 3.63) is 57.6 Å². The third-order valence-electron chi connectivity index (χ3n) is 3.85. The molecule has 0 heterocycles. The number of methoxy groups -OCH3 is 2. The van der Waals surface area contributed by atoms with Gasteiger partial charge >= 0.3 is 0 Å². The number of nitro benzene ring substituents is 1. The van der Waals surface area contributed by atoms with Crippen molar-refractivity contribution < 1.29 is 24.0 Å².